The number of hydrogen-bond acceptors (Lipinski definition) is 3. The maximum absolute atomic E-state index is 11.3. The van der Waals surface area contributed by atoms with Crippen molar-refractivity contribution in [3.8, 4) is 0 Å². The Morgan fingerprint density at radius 2 is 1.81 bits per heavy atom. The summed E-state index contributed by atoms with van der Waals surface area (Å²) in [6.07, 6.45) is 5.89. The molecule has 6 heteroatoms. The van der Waals surface area contributed by atoms with Crippen molar-refractivity contribution in [3.63, 3.8) is 0 Å². The van der Waals surface area contributed by atoms with Gasteiger partial charge in [-0.2, -0.15) is 0 Å². The number of piperidine rings is 1. The van der Waals surface area contributed by atoms with Crippen LogP contribution in [0.5, 0.6) is 0 Å². The van der Waals surface area contributed by atoms with Gasteiger partial charge in [0.2, 0.25) is 10.0 Å². The molecule has 16 heavy (non-hydrogen) atoms. The molecule has 0 amide bonds. The Kier molecular flexibility index (Phi) is 5.04. The number of rotatable bonds is 2. The highest BCUT2D eigenvalue weighted by Crippen LogP contribution is 2.26. The SMILES string of the molecule is CS(=O)(=O)N1CCC(C2CCCN2)CC1.Cl. The second kappa shape index (κ2) is 5.67. The zero-order valence-electron chi connectivity index (χ0n) is 9.68. The number of nitrogens with one attached hydrogen (secondary N) is 1. The Balaban J connectivity index is 0.00000128. The molecule has 1 N–H and O–H groups in total. The van der Waals surface area contributed by atoms with Crippen LogP contribution in [0.1, 0.15) is 25.7 Å². The van der Waals surface area contributed by atoms with Gasteiger partial charge in [0.05, 0.1) is 6.26 Å². The minimum absolute atomic E-state index is 0. The lowest BCUT2D eigenvalue weighted by Gasteiger charge is -2.33. The molecule has 96 valence electrons. The van der Waals surface area contributed by atoms with Crippen molar-refractivity contribution in [1.82, 2.24) is 9.62 Å². The number of nitrogens with zero attached hydrogens (tertiary/aromatic N) is 1. The van der Waals surface area contributed by atoms with E-state index in [0.29, 0.717) is 25.0 Å². The molecular formula is C10H21ClN2O2S. The van der Waals surface area contributed by atoms with Crippen LogP contribution in [0, 0.1) is 5.92 Å². The fourth-order valence-corrected chi connectivity index (χ4v) is 3.60. The molecule has 1 atom stereocenters. The van der Waals surface area contributed by atoms with E-state index in [1.807, 2.05) is 0 Å². The summed E-state index contributed by atoms with van der Waals surface area (Å²) in [6, 6.07) is 0.645. The Labute approximate surface area is 104 Å². The summed E-state index contributed by atoms with van der Waals surface area (Å²) in [7, 11) is -2.96. The van der Waals surface area contributed by atoms with Gasteiger partial charge in [0.15, 0.2) is 0 Å². The fourth-order valence-electron chi connectivity index (χ4n) is 2.72. The third-order valence-corrected chi connectivity index (χ3v) is 4.94. The van der Waals surface area contributed by atoms with Crippen molar-refractivity contribution in [2.24, 2.45) is 5.92 Å². The van der Waals surface area contributed by atoms with Crippen LogP contribution in [0.2, 0.25) is 0 Å². The maximum atomic E-state index is 11.3. The van der Waals surface area contributed by atoms with E-state index in [2.05, 4.69) is 5.32 Å². The van der Waals surface area contributed by atoms with Crippen LogP contribution in [0.25, 0.3) is 0 Å². The van der Waals surface area contributed by atoms with Gasteiger partial charge in [-0.15, -0.1) is 12.4 Å². The predicted molar refractivity (Wildman–Crippen MR) is 67.4 cm³/mol. The molecule has 2 heterocycles. The molecule has 2 aliphatic rings. The summed E-state index contributed by atoms with van der Waals surface area (Å²) in [5.74, 6) is 0.686. The second-order valence-electron chi connectivity index (χ2n) is 4.70. The van der Waals surface area contributed by atoms with Crippen molar-refractivity contribution < 1.29 is 8.42 Å². The summed E-state index contributed by atoms with van der Waals surface area (Å²) >= 11 is 0. The summed E-state index contributed by atoms with van der Waals surface area (Å²) in [6.45, 7) is 2.56. The molecule has 0 aromatic heterocycles. The molecule has 2 saturated heterocycles. The molecular weight excluding hydrogens is 248 g/mol. The summed E-state index contributed by atoms with van der Waals surface area (Å²) < 4.78 is 24.3. The Morgan fingerprint density at radius 1 is 1.19 bits per heavy atom. The zero-order valence-corrected chi connectivity index (χ0v) is 11.3. The minimum atomic E-state index is -2.96. The normalized spacial score (nSPS) is 28.9. The van der Waals surface area contributed by atoms with Gasteiger partial charge < -0.3 is 5.32 Å². The average molecular weight is 269 g/mol. The number of halogens is 1. The largest absolute Gasteiger partial charge is 0.314 e. The summed E-state index contributed by atoms with van der Waals surface area (Å²) in [5, 5.41) is 3.51. The Hall–Kier alpha value is 0.160. The van der Waals surface area contributed by atoms with Gasteiger partial charge in [-0.05, 0) is 38.1 Å². The molecule has 2 fully saturated rings. The van der Waals surface area contributed by atoms with Crippen molar-refractivity contribution in [2.75, 3.05) is 25.9 Å². The summed E-state index contributed by atoms with van der Waals surface area (Å²) in [5.41, 5.74) is 0. The van der Waals surface area contributed by atoms with Crippen LogP contribution in [-0.4, -0.2) is 44.7 Å². The summed E-state index contributed by atoms with van der Waals surface area (Å²) in [4.78, 5) is 0. The molecule has 2 rings (SSSR count). The van der Waals surface area contributed by atoms with Crippen molar-refractivity contribution in [3.05, 3.63) is 0 Å². The molecule has 1 unspecified atom stereocenters. The molecule has 0 saturated carbocycles. The molecule has 0 spiro atoms. The second-order valence-corrected chi connectivity index (χ2v) is 6.68. The van der Waals surface area contributed by atoms with Crippen LogP contribution < -0.4 is 5.32 Å². The standard InChI is InChI=1S/C10H20N2O2S.ClH/c1-15(13,14)12-7-4-9(5-8-12)10-3-2-6-11-10;/h9-11H,2-8H2,1H3;1H. The monoisotopic (exact) mass is 268 g/mol. The highest BCUT2D eigenvalue weighted by molar-refractivity contribution is 7.88. The van der Waals surface area contributed by atoms with Crippen molar-refractivity contribution >= 4 is 22.4 Å². The van der Waals surface area contributed by atoms with E-state index in [1.165, 1.54) is 19.1 Å². The molecule has 0 aliphatic carbocycles. The van der Waals surface area contributed by atoms with E-state index < -0.39 is 10.0 Å². The molecule has 2 aliphatic heterocycles. The van der Waals surface area contributed by atoms with E-state index >= 15 is 0 Å². The highest BCUT2D eigenvalue weighted by Gasteiger charge is 2.30. The van der Waals surface area contributed by atoms with Gasteiger partial charge in [0.25, 0.3) is 0 Å². The minimum Gasteiger partial charge on any atom is -0.314 e. The van der Waals surface area contributed by atoms with E-state index in [-0.39, 0.29) is 12.4 Å². The quantitative estimate of drug-likeness (QED) is 0.807. The van der Waals surface area contributed by atoms with Gasteiger partial charge in [-0.1, -0.05) is 0 Å². The third kappa shape index (κ3) is 3.32. The Bertz CT molecular complexity index is 307. The molecule has 0 aromatic carbocycles. The van der Waals surface area contributed by atoms with E-state index in [0.717, 1.165) is 19.4 Å². The molecule has 0 bridgehead atoms. The van der Waals surface area contributed by atoms with E-state index in [9.17, 15) is 8.42 Å². The average Bonchev–Trinajstić information content (AvgIpc) is 2.69. The van der Waals surface area contributed by atoms with E-state index in [1.54, 1.807) is 4.31 Å². The van der Waals surface area contributed by atoms with Gasteiger partial charge in [0.1, 0.15) is 0 Å². The first-order valence-electron chi connectivity index (χ1n) is 5.76. The van der Waals surface area contributed by atoms with Crippen LogP contribution >= 0.6 is 12.4 Å². The van der Waals surface area contributed by atoms with Gasteiger partial charge in [-0.3, -0.25) is 0 Å². The predicted octanol–water partition coefficient (Wildman–Crippen LogP) is 0.832. The first-order valence-corrected chi connectivity index (χ1v) is 7.61. The van der Waals surface area contributed by atoms with Gasteiger partial charge in [0, 0.05) is 19.1 Å². The van der Waals surface area contributed by atoms with Crippen molar-refractivity contribution in [2.45, 2.75) is 31.7 Å². The lowest BCUT2D eigenvalue weighted by Crippen LogP contribution is -2.42. The van der Waals surface area contributed by atoms with Crippen LogP contribution in [0.4, 0.5) is 0 Å². The zero-order chi connectivity index (χ0) is 10.9. The van der Waals surface area contributed by atoms with Crippen LogP contribution in [-0.2, 0) is 10.0 Å². The first kappa shape index (κ1) is 14.2. The van der Waals surface area contributed by atoms with Crippen LogP contribution in [0.15, 0.2) is 0 Å². The van der Waals surface area contributed by atoms with Gasteiger partial charge in [-0.25, -0.2) is 12.7 Å². The highest BCUT2D eigenvalue weighted by atomic mass is 35.5. The number of hydrogen-bond donors (Lipinski definition) is 1. The van der Waals surface area contributed by atoms with E-state index in [4.69, 9.17) is 0 Å². The fraction of sp³-hybridized carbons (Fsp3) is 1.00. The first-order chi connectivity index (χ1) is 7.07. The van der Waals surface area contributed by atoms with Crippen molar-refractivity contribution in [1.29, 1.82) is 0 Å². The molecule has 0 aromatic rings. The lowest BCUT2D eigenvalue weighted by molar-refractivity contribution is 0.235. The Morgan fingerprint density at radius 3 is 2.25 bits per heavy atom. The molecule has 0 radical (unpaired) electrons. The topological polar surface area (TPSA) is 49.4 Å². The number of sulfonamides is 1. The smallest absolute Gasteiger partial charge is 0.211 e. The van der Waals surface area contributed by atoms with Crippen LogP contribution in [0.3, 0.4) is 0 Å². The molecule has 4 nitrogen and oxygen atoms in total. The van der Waals surface area contributed by atoms with Gasteiger partial charge >= 0.3 is 0 Å². The third-order valence-electron chi connectivity index (χ3n) is 3.64. The lowest BCUT2D eigenvalue weighted by atomic mass is 9.89. The maximum Gasteiger partial charge on any atom is 0.211 e.